The minimum atomic E-state index is -0.318. The lowest BCUT2D eigenvalue weighted by Gasteiger charge is -2.48. The zero-order chi connectivity index (χ0) is 25.6. The van der Waals surface area contributed by atoms with E-state index in [-0.39, 0.29) is 30.4 Å². The fourth-order valence-electron chi connectivity index (χ4n) is 5.32. The van der Waals surface area contributed by atoms with Crippen LogP contribution in [0.2, 0.25) is 0 Å². The van der Waals surface area contributed by atoms with Crippen molar-refractivity contribution in [1.29, 1.82) is 5.26 Å². The van der Waals surface area contributed by atoms with Crippen molar-refractivity contribution < 1.29 is 0 Å². The van der Waals surface area contributed by atoms with Gasteiger partial charge in [-0.2, -0.15) is 20.4 Å². The largest absolute Gasteiger partial charge is 0.349 e. The maximum absolute atomic E-state index is 12.8. The predicted molar refractivity (Wildman–Crippen MR) is 137 cm³/mol. The van der Waals surface area contributed by atoms with Gasteiger partial charge in [-0.3, -0.25) is 14.1 Å². The molecular formula is C25H32N10O. The van der Waals surface area contributed by atoms with Crippen LogP contribution < -0.4 is 10.6 Å². The molecule has 0 aliphatic carbocycles. The first-order valence-corrected chi connectivity index (χ1v) is 12.5. The molecule has 5 heterocycles. The molecule has 4 aromatic rings. The average molecular weight is 489 g/mol. The van der Waals surface area contributed by atoms with Gasteiger partial charge in [-0.15, -0.1) is 0 Å². The van der Waals surface area contributed by atoms with Gasteiger partial charge in [0.25, 0.3) is 0 Å². The minimum Gasteiger partial charge on any atom is -0.349 e. The molecule has 1 fully saturated rings. The monoisotopic (exact) mass is 488 g/mol. The molecule has 0 radical (unpaired) electrons. The van der Waals surface area contributed by atoms with E-state index in [0.29, 0.717) is 16.9 Å². The first kappa shape index (κ1) is 23.9. The zero-order valence-corrected chi connectivity index (χ0v) is 21.5. The zero-order valence-electron chi connectivity index (χ0n) is 21.5. The molecule has 3 atom stereocenters. The van der Waals surface area contributed by atoms with Gasteiger partial charge in [0.15, 0.2) is 17.0 Å². The molecule has 11 heteroatoms. The molecular weight excluding hydrogens is 456 g/mol. The molecule has 0 saturated carbocycles. The summed E-state index contributed by atoms with van der Waals surface area (Å²) in [6.45, 7) is 10.2. The summed E-state index contributed by atoms with van der Waals surface area (Å²) in [7, 11) is 1.69. The van der Waals surface area contributed by atoms with Crippen LogP contribution in [0.5, 0.6) is 0 Å². The number of anilines is 1. The van der Waals surface area contributed by atoms with Gasteiger partial charge in [0.2, 0.25) is 0 Å². The maximum atomic E-state index is 12.8. The summed E-state index contributed by atoms with van der Waals surface area (Å²) in [5.74, 6) is 0.608. The van der Waals surface area contributed by atoms with Crippen molar-refractivity contribution in [2.75, 3.05) is 18.0 Å². The first-order chi connectivity index (χ1) is 17.3. The third-order valence-corrected chi connectivity index (χ3v) is 7.38. The number of nitriles is 1. The topological polar surface area (TPSA) is 113 Å². The number of aromatic nitrogens is 7. The number of aryl methyl sites for hydroxylation is 2. The molecule has 1 aliphatic rings. The standard InChI is InChI=1S/C25H32N10O/c1-6-18-14-34(24-23-21(31(5)25(36)28-24)15-32(30-23)11-9-26)19(7-2)13-33(18)17(4)20-8-10-35-22(27-20)12-16(3)29-35/h8,10,12,15,17-19H,6-7,11,13-14H2,1-5H3/t17-,18+,19-/m0/s1. The average Bonchev–Trinajstić information content (AvgIpc) is 3.47. The molecule has 0 aromatic carbocycles. The van der Waals surface area contributed by atoms with Crippen molar-refractivity contribution >= 4 is 22.5 Å². The fourth-order valence-corrected chi connectivity index (χ4v) is 5.32. The van der Waals surface area contributed by atoms with Crippen LogP contribution in [-0.2, 0) is 13.6 Å². The lowest BCUT2D eigenvalue weighted by Crippen LogP contribution is -2.59. The van der Waals surface area contributed by atoms with E-state index in [1.165, 1.54) is 4.57 Å². The van der Waals surface area contributed by atoms with Crippen molar-refractivity contribution in [2.45, 2.75) is 65.2 Å². The second-order valence-electron chi connectivity index (χ2n) is 9.59. The summed E-state index contributed by atoms with van der Waals surface area (Å²) in [5.41, 5.74) is 3.85. The quantitative estimate of drug-likeness (QED) is 0.407. The normalized spacial score (nSPS) is 19.7. The highest BCUT2D eigenvalue weighted by atomic mass is 16.1. The molecule has 0 amide bonds. The van der Waals surface area contributed by atoms with Gasteiger partial charge in [0.1, 0.15) is 6.54 Å². The van der Waals surface area contributed by atoms with Gasteiger partial charge in [-0.05, 0) is 32.8 Å². The van der Waals surface area contributed by atoms with E-state index in [9.17, 15) is 4.79 Å². The fraction of sp³-hybridized carbons (Fsp3) is 0.520. The van der Waals surface area contributed by atoms with Crippen LogP contribution in [0.25, 0.3) is 16.7 Å². The van der Waals surface area contributed by atoms with Crippen LogP contribution >= 0.6 is 0 Å². The molecule has 5 rings (SSSR count). The van der Waals surface area contributed by atoms with Crippen molar-refractivity contribution in [1.82, 2.24) is 38.8 Å². The van der Waals surface area contributed by atoms with Gasteiger partial charge in [0.05, 0.1) is 29.2 Å². The van der Waals surface area contributed by atoms with Crippen LogP contribution in [0.15, 0.2) is 29.3 Å². The summed E-state index contributed by atoms with van der Waals surface area (Å²) in [6, 6.07) is 6.69. The van der Waals surface area contributed by atoms with Crippen molar-refractivity contribution in [2.24, 2.45) is 7.05 Å². The Balaban J connectivity index is 1.50. The van der Waals surface area contributed by atoms with Crippen LogP contribution in [0.3, 0.4) is 0 Å². The van der Waals surface area contributed by atoms with Crippen LogP contribution in [0.1, 0.15) is 51.0 Å². The number of hydrogen-bond donors (Lipinski definition) is 0. The Bertz CT molecular complexity index is 1510. The number of fused-ring (bicyclic) bond motifs is 2. The Morgan fingerprint density at radius 2 is 1.94 bits per heavy atom. The molecule has 0 bridgehead atoms. The first-order valence-electron chi connectivity index (χ1n) is 12.5. The summed E-state index contributed by atoms with van der Waals surface area (Å²) >= 11 is 0. The van der Waals surface area contributed by atoms with Gasteiger partial charge in [0, 0.05) is 50.5 Å². The molecule has 1 saturated heterocycles. The van der Waals surface area contributed by atoms with E-state index < -0.39 is 0 Å². The maximum Gasteiger partial charge on any atom is 0.349 e. The summed E-state index contributed by atoms with van der Waals surface area (Å²) in [5, 5.41) is 18.2. The SMILES string of the molecule is CC[C@H]1CN([C@@H](C)c2ccn3nc(C)cc3n2)[C@H](CC)CN1c1nc(=O)n(C)c2cn(CC#N)nc12. The van der Waals surface area contributed by atoms with E-state index in [4.69, 9.17) is 10.2 Å². The molecule has 1 aliphatic heterocycles. The molecule has 0 unspecified atom stereocenters. The summed E-state index contributed by atoms with van der Waals surface area (Å²) in [6.07, 6.45) is 5.57. The molecule has 0 N–H and O–H groups in total. The highest BCUT2D eigenvalue weighted by Gasteiger charge is 2.37. The van der Waals surface area contributed by atoms with E-state index >= 15 is 0 Å². The molecule has 188 valence electrons. The van der Waals surface area contributed by atoms with Crippen molar-refractivity contribution in [3.05, 3.63) is 46.4 Å². The van der Waals surface area contributed by atoms with E-state index in [0.717, 1.165) is 43.0 Å². The molecule has 36 heavy (non-hydrogen) atoms. The van der Waals surface area contributed by atoms with Crippen LogP contribution in [0, 0.1) is 18.3 Å². The third-order valence-electron chi connectivity index (χ3n) is 7.38. The van der Waals surface area contributed by atoms with Crippen molar-refractivity contribution in [3.63, 3.8) is 0 Å². The van der Waals surface area contributed by atoms with Gasteiger partial charge in [-0.25, -0.2) is 14.3 Å². The number of piperazine rings is 1. The Labute approximate surface area is 209 Å². The Morgan fingerprint density at radius 1 is 1.17 bits per heavy atom. The van der Waals surface area contributed by atoms with E-state index in [1.807, 2.05) is 23.7 Å². The second-order valence-corrected chi connectivity index (χ2v) is 9.59. The molecule has 4 aromatic heterocycles. The Morgan fingerprint density at radius 3 is 2.67 bits per heavy atom. The van der Waals surface area contributed by atoms with Gasteiger partial charge in [-0.1, -0.05) is 13.8 Å². The van der Waals surface area contributed by atoms with E-state index in [1.54, 1.807) is 17.9 Å². The highest BCUT2D eigenvalue weighted by Crippen LogP contribution is 2.33. The number of rotatable bonds is 6. The number of hydrogen-bond acceptors (Lipinski definition) is 8. The number of nitrogens with zero attached hydrogens (tertiary/aromatic N) is 10. The summed E-state index contributed by atoms with van der Waals surface area (Å²) in [4.78, 5) is 26.9. The molecule has 11 nitrogen and oxygen atoms in total. The Hall–Kier alpha value is -3.78. The molecule has 0 spiro atoms. The predicted octanol–water partition coefficient (Wildman–Crippen LogP) is 2.45. The van der Waals surface area contributed by atoms with Crippen molar-refractivity contribution in [3.8, 4) is 6.07 Å². The van der Waals surface area contributed by atoms with E-state index in [2.05, 4.69) is 57.9 Å². The third kappa shape index (κ3) is 4.01. The van der Waals surface area contributed by atoms with Crippen LogP contribution in [-0.4, -0.2) is 64.0 Å². The lowest BCUT2D eigenvalue weighted by molar-refractivity contribution is 0.0988. The van der Waals surface area contributed by atoms with Gasteiger partial charge >= 0.3 is 5.69 Å². The lowest BCUT2D eigenvalue weighted by atomic mass is 9.99. The Kier molecular flexibility index (Phi) is 6.22. The van der Waals surface area contributed by atoms with Gasteiger partial charge < -0.3 is 4.90 Å². The van der Waals surface area contributed by atoms with Crippen LogP contribution in [0.4, 0.5) is 5.82 Å². The second kappa shape index (κ2) is 9.35. The minimum absolute atomic E-state index is 0.121. The summed E-state index contributed by atoms with van der Waals surface area (Å²) < 4.78 is 4.88. The smallest absolute Gasteiger partial charge is 0.349 e. The highest BCUT2D eigenvalue weighted by molar-refractivity contribution is 5.85.